The lowest BCUT2D eigenvalue weighted by Crippen LogP contribution is -2.20. The first-order valence-electron chi connectivity index (χ1n) is 10.0. The number of carbonyl (C=O) groups excluding carboxylic acids is 1. The molecule has 0 aliphatic carbocycles. The van der Waals surface area contributed by atoms with Crippen molar-refractivity contribution in [3.05, 3.63) is 88.0 Å². The highest BCUT2D eigenvalue weighted by Crippen LogP contribution is 2.35. The van der Waals surface area contributed by atoms with Gasteiger partial charge in [-0.25, -0.2) is 4.79 Å². The van der Waals surface area contributed by atoms with E-state index >= 15 is 0 Å². The van der Waals surface area contributed by atoms with Gasteiger partial charge in [-0.05, 0) is 54.1 Å². The number of nitrogens with one attached hydrogen (secondary N) is 2. The maximum Gasteiger partial charge on any atom is 0.416 e. The molecule has 0 saturated carbocycles. The van der Waals surface area contributed by atoms with Gasteiger partial charge >= 0.3 is 28.3 Å². The van der Waals surface area contributed by atoms with Crippen molar-refractivity contribution in [3.63, 3.8) is 0 Å². The van der Waals surface area contributed by atoms with Crippen molar-refractivity contribution in [1.82, 2.24) is 0 Å². The quantitative estimate of drug-likeness (QED) is 0.211. The summed E-state index contributed by atoms with van der Waals surface area (Å²) in [6.45, 7) is 0. The van der Waals surface area contributed by atoms with Gasteiger partial charge in [-0.15, -0.1) is 0 Å². The lowest BCUT2D eigenvalue weighted by atomic mass is 10.1. The van der Waals surface area contributed by atoms with Gasteiger partial charge in [0.05, 0.1) is 16.9 Å². The summed E-state index contributed by atoms with van der Waals surface area (Å²) in [6, 6.07) is 10.6. The molecule has 15 heteroatoms. The summed E-state index contributed by atoms with van der Waals surface area (Å²) in [5, 5.41) is 24.3. The molecule has 0 unspecified atom stereocenters. The summed E-state index contributed by atoms with van der Waals surface area (Å²) < 4.78 is 68.5. The molecule has 0 spiro atoms. The molecule has 0 fully saturated rings. The van der Waals surface area contributed by atoms with Crippen LogP contribution in [0.1, 0.15) is 11.1 Å². The lowest BCUT2D eigenvalue weighted by Gasteiger charge is -2.11. The van der Waals surface area contributed by atoms with Crippen LogP contribution >= 0.6 is 0 Å². The summed E-state index contributed by atoms with van der Waals surface area (Å²) in [6.07, 6.45) is -5.16. The van der Waals surface area contributed by atoms with Crippen LogP contribution in [-0.2, 0) is 27.5 Å². The second-order valence-electron chi connectivity index (χ2n) is 7.35. The molecule has 0 aliphatic rings. The maximum absolute atomic E-state index is 12.8. The van der Waals surface area contributed by atoms with Crippen LogP contribution in [0, 0.1) is 10.1 Å². The largest absolute Gasteiger partial charge is 0.481 e. The fourth-order valence-electron chi connectivity index (χ4n) is 3.01. The Morgan fingerprint density at radius 3 is 2.27 bits per heavy atom. The number of urea groups is 1. The van der Waals surface area contributed by atoms with Crippen LogP contribution in [0.5, 0.6) is 5.75 Å². The third-order valence-corrected chi connectivity index (χ3v) is 5.89. The van der Waals surface area contributed by atoms with Crippen molar-refractivity contribution in [2.75, 3.05) is 10.6 Å². The number of nitrogens with zero attached hydrogens (tertiary/aromatic N) is 1. The molecule has 194 valence electrons. The molecule has 11 nitrogen and oxygen atoms in total. The number of rotatable bonds is 8. The minimum absolute atomic E-state index is 0.0504. The molecule has 0 saturated heterocycles. The Balaban J connectivity index is 1.70. The topological polar surface area (TPSA) is 165 Å². The Labute approximate surface area is 206 Å². The highest BCUT2D eigenvalue weighted by Gasteiger charge is 2.33. The van der Waals surface area contributed by atoms with Crippen molar-refractivity contribution in [1.29, 1.82) is 0 Å². The molecule has 0 aromatic heterocycles. The van der Waals surface area contributed by atoms with Gasteiger partial charge in [0.25, 0.3) is 5.69 Å². The van der Waals surface area contributed by atoms with Crippen LogP contribution in [0.15, 0.2) is 71.6 Å². The lowest BCUT2D eigenvalue weighted by molar-refractivity contribution is -0.384. The van der Waals surface area contributed by atoms with E-state index in [4.69, 9.17) is 9.29 Å². The summed E-state index contributed by atoms with van der Waals surface area (Å²) in [4.78, 5) is 32.8. The molecular weight excluding hydrogens is 523 g/mol. The molecular formula is C22H16F3N3O8S. The first kappa shape index (κ1) is 26.9. The predicted octanol–water partition coefficient (Wildman–Crippen LogP) is 4.65. The molecule has 0 aliphatic heterocycles. The molecule has 3 aromatic carbocycles. The molecule has 3 aromatic rings. The number of halogens is 3. The highest BCUT2D eigenvalue weighted by molar-refractivity contribution is 7.87. The molecule has 3 rings (SSSR count). The average molecular weight is 539 g/mol. The van der Waals surface area contributed by atoms with Crippen molar-refractivity contribution >= 4 is 39.2 Å². The zero-order valence-corrected chi connectivity index (χ0v) is 19.2. The van der Waals surface area contributed by atoms with E-state index in [2.05, 4.69) is 10.6 Å². The van der Waals surface area contributed by atoms with Gasteiger partial charge in [0.1, 0.15) is 16.3 Å². The number of aliphatic carboxylic acids is 1. The smallest absolute Gasteiger partial charge is 0.416 e. The number of nitro benzene ring substituents is 1. The van der Waals surface area contributed by atoms with Gasteiger partial charge in [0.15, 0.2) is 0 Å². The van der Waals surface area contributed by atoms with E-state index in [1.165, 1.54) is 36.4 Å². The Bertz CT molecular complexity index is 1460. The molecule has 0 heterocycles. The number of carboxylic acid groups (broad SMARTS) is 1. The summed E-state index contributed by atoms with van der Waals surface area (Å²) >= 11 is 0. The van der Waals surface area contributed by atoms with E-state index in [0.717, 1.165) is 18.2 Å². The zero-order valence-electron chi connectivity index (χ0n) is 18.4. The normalized spacial score (nSPS) is 11.4. The Kier molecular flexibility index (Phi) is 7.67. The third-order valence-electron chi connectivity index (χ3n) is 4.63. The SMILES string of the molecule is O=C(O)Cc1cccc(OS(=O)(=O)c2ccc(NC(=O)Nc3ccc(C(F)(F)F)cc3[N+](=O)[O-])cc2)c1. The molecule has 37 heavy (non-hydrogen) atoms. The maximum atomic E-state index is 12.8. The van der Waals surface area contributed by atoms with Crippen LogP contribution in [0.2, 0.25) is 0 Å². The Morgan fingerprint density at radius 2 is 1.68 bits per heavy atom. The Hall–Kier alpha value is -4.66. The van der Waals surface area contributed by atoms with Gasteiger partial charge in [0, 0.05) is 11.8 Å². The van der Waals surface area contributed by atoms with E-state index in [9.17, 15) is 41.3 Å². The minimum Gasteiger partial charge on any atom is -0.481 e. The monoisotopic (exact) mass is 539 g/mol. The van der Waals surface area contributed by atoms with Gasteiger partial charge < -0.3 is 19.9 Å². The number of alkyl halides is 3. The van der Waals surface area contributed by atoms with E-state index in [1.807, 2.05) is 0 Å². The number of carboxylic acids is 1. The average Bonchev–Trinajstić information content (AvgIpc) is 2.78. The van der Waals surface area contributed by atoms with Crippen molar-refractivity contribution in [2.24, 2.45) is 0 Å². The zero-order chi connectivity index (χ0) is 27.4. The first-order valence-corrected chi connectivity index (χ1v) is 11.4. The number of benzene rings is 3. The second kappa shape index (κ2) is 10.5. The summed E-state index contributed by atoms with van der Waals surface area (Å²) in [5.41, 5.74) is -2.37. The number of hydrogen-bond acceptors (Lipinski definition) is 7. The number of carbonyl (C=O) groups is 2. The predicted molar refractivity (Wildman–Crippen MR) is 123 cm³/mol. The third kappa shape index (κ3) is 7.17. The molecule has 0 radical (unpaired) electrons. The van der Waals surface area contributed by atoms with E-state index in [-0.39, 0.29) is 28.8 Å². The van der Waals surface area contributed by atoms with E-state index < -0.39 is 50.2 Å². The van der Waals surface area contributed by atoms with Crippen LogP contribution < -0.4 is 14.8 Å². The van der Waals surface area contributed by atoms with Crippen LogP contribution in [-0.4, -0.2) is 30.4 Å². The van der Waals surface area contributed by atoms with Crippen molar-refractivity contribution in [3.8, 4) is 5.75 Å². The van der Waals surface area contributed by atoms with E-state index in [0.29, 0.717) is 11.6 Å². The number of nitro groups is 1. The van der Waals surface area contributed by atoms with Crippen molar-refractivity contribution < 1.29 is 45.4 Å². The molecule has 2 amide bonds. The molecule has 3 N–H and O–H groups in total. The van der Waals surface area contributed by atoms with E-state index in [1.54, 1.807) is 0 Å². The molecule has 0 bridgehead atoms. The fourth-order valence-corrected chi connectivity index (χ4v) is 3.93. The van der Waals surface area contributed by atoms with Crippen LogP contribution in [0.4, 0.5) is 35.0 Å². The minimum atomic E-state index is -4.82. The first-order chi connectivity index (χ1) is 17.2. The summed E-state index contributed by atoms with van der Waals surface area (Å²) in [5.74, 6) is -1.22. The fraction of sp³-hybridized carbons (Fsp3) is 0.0909. The summed E-state index contributed by atoms with van der Waals surface area (Å²) in [7, 11) is -4.33. The number of anilines is 2. The van der Waals surface area contributed by atoms with Crippen LogP contribution in [0.25, 0.3) is 0 Å². The number of hydrogen-bond donors (Lipinski definition) is 3. The highest BCUT2D eigenvalue weighted by atomic mass is 32.2. The Morgan fingerprint density at radius 1 is 1.00 bits per heavy atom. The van der Waals surface area contributed by atoms with Gasteiger partial charge in [-0.3, -0.25) is 14.9 Å². The van der Waals surface area contributed by atoms with Crippen molar-refractivity contribution in [2.45, 2.75) is 17.5 Å². The van der Waals surface area contributed by atoms with Gasteiger partial charge in [-0.2, -0.15) is 21.6 Å². The van der Waals surface area contributed by atoms with Crippen LogP contribution in [0.3, 0.4) is 0 Å². The number of amides is 2. The second-order valence-corrected chi connectivity index (χ2v) is 8.89. The van der Waals surface area contributed by atoms with Gasteiger partial charge in [0.2, 0.25) is 0 Å². The molecule has 0 atom stereocenters. The standard InChI is InChI=1S/C22H16F3N3O8S/c23-22(24,25)14-4-9-18(19(12-14)28(32)33)27-21(31)26-15-5-7-17(8-6-15)37(34,35)36-16-3-1-2-13(10-16)11-20(29)30/h1-10,12H,11H2,(H,29,30)(H2,26,27,31). The van der Waals surface area contributed by atoms with Gasteiger partial charge in [-0.1, -0.05) is 12.1 Å².